The Balaban J connectivity index is 2.43. The van der Waals surface area contributed by atoms with Crippen LogP contribution < -0.4 is 17.2 Å². The third-order valence-electron chi connectivity index (χ3n) is 8.53. The monoisotopic (exact) mass is 791 g/mol. The van der Waals surface area contributed by atoms with Crippen LogP contribution in [0.2, 0.25) is 0 Å². The number of hydrogen-bond donors (Lipinski definition) is 15. The number of nitrogens with two attached hydrogens (primary N) is 3. The summed E-state index contributed by atoms with van der Waals surface area (Å²) in [5.74, 6) is -27.5. The summed E-state index contributed by atoms with van der Waals surface area (Å²) in [7, 11) is -6.87. The largest absolute Gasteiger partial charge is 0.505 e. The number of esters is 3. The van der Waals surface area contributed by atoms with Crippen molar-refractivity contribution >= 4 is 25.7 Å². The molecule has 0 saturated carbocycles. The minimum absolute atomic E-state index is 0.343. The second kappa shape index (κ2) is 15.5. The average Bonchev–Trinajstić information content (AvgIpc) is 3.65. The highest BCUT2D eigenvalue weighted by molar-refractivity contribution is 7.48. The van der Waals surface area contributed by atoms with E-state index >= 15 is 4.57 Å². The van der Waals surface area contributed by atoms with Gasteiger partial charge in [-0.2, -0.15) is 0 Å². The Morgan fingerprint density at radius 3 is 0.925 bits per heavy atom. The zero-order valence-corrected chi connectivity index (χ0v) is 28.8. The van der Waals surface area contributed by atoms with Crippen molar-refractivity contribution in [2.75, 3.05) is 0 Å². The van der Waals surface area contributed by atoms with E-state index < -0.39 is 132 Å². The molecule has 0 aromatic rings. The van der Waals surface area contributed by atoms with Gasteiger partial charge >= 0.3 is 25.7 Å². The van der Waals surface area contributed by atoms with Gasteiger partial charge in [-0.1, -0.05) is 20.8 Å². The van der Waals surface area contributed by atoms with E-state index in [1.807, 2.05) is 0 Å². The molecular formula is C27H42N3O22P. The van der Waals surface area contributed by atoms with Crippen LogP contribution in [0.4, 0.5) is 0 Å². The number of carbonyl (C=O) groups excluding carboxylic acids is 3. The number of rotatable bonds is 18. The Morgan fingerprint density at radius 1 is 0.566 bits per heavy atom. The van der Waals surface area contributed by atoms with E-state index in [0.29, 0.717) is 0 Å². The van der Waals surface area contributed by atoms with Crippen molar-refractivity contribution in [1.29, 1.82) is 0 Å². The molecule has 25 nitrogen and oxygen atoms in total. The van der Waals surface area contributed by atoms with Crippen molar-refractivity contribution < 1.29 is 108 Å². The highest BCUT2D eigenvalue weighted by Crippen LogP contribution is 2.62. The molecule has 0 fully saturated rings. The standard InChI is InChI=1S/C27H42N3O22P/c1-4-7(28)16(37)25(43,19-10(31)13(34)22(40)47-19)50-53(46,51-26(44,17(38)8(29)5-2)20-11(32)14(35)23(41)48-20)52-27(45,18(39)9(30)6-3)21-12(33)15(36)24(42)49-21/h7-9,16-21,31-39,43-45H,4-6,28-30H2,1-3H3/t7?,8?,9?,16?,17?,18?,19-,20-,21-,25+,26+,27+,53?/m0/s1. The predicted octanol–water partition coefficient (Wildman–Crippen LogP) is -3.74. The van der Waals surface area contributed by atoms with Gasteiger partial charge in [0.25, 0.3) is 0 Å². The number of ether oxygens (including phenoxy) is 3. The van der Waals surface area contributed by atoms with Gasteiger partial charge in [0.1, 0.15) is 18.3 Å². The number of cyclic esters (lactones) is 3. The Morgan fingerprint density at radius 2 is 0.774 bits per heavy atom. The first-order valence-electron chi connectivity index (χ1n) is 15.5. The van der Waals surface area contributed by atoms with Crippen LogP contribution in [0.1, 0.15) is 40.0 Å². The first-order valence-corrected chi connectivity index (χ1v) is 17.0. The van der Waals surface area contributed by atoms with Crippen LogP contribution in [0.15, 0.2) is 34.6 Å². The third-order valence-corrected chi connectivity index (χ3v) is 10.1. The lowest BCUT2D eigenvalue weighted by Crippen LogP contribution is -2.64. The van der Waals surface area contributed by atoms with Gasteiger partial charge in [0.15, 0.2) is 17.3 Å². The fraction of sp³-hybridized carbons (Fsp3) is 0.667. The highest BCUT2D eigenvalue weighted by Gasteiger charge is 2.67. The predicted molar refractivity (Wildman–Crippen MR) is 165 cm³/mol. The van der Waals surface area contributed by atoms with E-state index in [1.165, 1.54) is 20.8 Å². The summed E-state index contributed by atoms with van der Waals surface area (Å²) in [6.45, 7) is 3.84. The van der Waals surface area contributed by atoms with E-state index in [1.54, 1.807) is 0 Å². The topological polar surface area (TPSA) is 444 Å². The Bertz CT molecular complexity index is 1420. The second-order valence-corrected chi connectivity index (χ2v) is 13.5. The summed E-state index contributed by atoms with van der Waals surface area (Å²) < 4.78 is 44.4. The number of aliphatic hydroxyl groups is 12. The molecule has 0 spiro atoms. The van der Waals surface area contributed by atoms with Crippen molar-refractivity contribution in [3.05, 3.63) is 34.6 Å². The zero-order valence-electron chi connectivity index (χ0n) is 27.9. The molecule has 3 heterocycles. The van der Waals surface area contributed by atoms with Crippen LogP contribution in [0.25, 0.3) is 0 Å². The van der Waals surface area contributed by atoms with Crippen LogP contribution in [-0.4, -0.2) is 151 Å². The molecule has 6 unspecified atom stereocenters. The van der Waals surface area contributed by atoms with Gasteiger partial charge in [0, 0.05) is 18.1 Å². The lowest BCUT2D eigenvalue weighted by atomic mass is 9.95. The molecule has 26 heteroatoms. The summed E-state index contributed by atoms with van der Waals surface area (Å²) in [4.78, 5) is 36.5. The smallest absolute Gasteiger partial charge is 0.483 e. The molecule has 0 saturated heterocycles. The normalized spacial score (nSPS) is 28.9. The van der Waals surface area contributed by atoms with E-state index in [0.717, 1.165) is 0 Å². The van der Waals surface area contributed by atoms with Gasteiger partial charge < -0.3 is 92.7 Å². The SMILES string of the molecule is CCC(N)C(O)[C@@](O)(OP(=O)(O[C@](O)(C(O)C(N)CC)[C@H]1OC(=O)C(O)=C1O)O[C@](O)(C(O)C(N)CC)[C@H]1OC(=O)C(O)=C1O)[C@H]1OC(=O)C(O)=C1O. The maximum atomic E-state index is 15.1. The summed E-state index contributed by atoms with van der Waals surface area (Å²) in [6.07, 6.45) is -18.1. The van der Waals surface area contributed by atoms with Crippen molar-refractivity contribution in [1.82, 2.24) is 0 Å². The van der Waals surface area contributed by atoms with Gasteiger partial charge in [-0.05, 0) is 19.3 Å². The maximum Gasteiger partial charge on any atom is 0.483 e. The first-order chi connectivity index (χ1) is 24.3. The zero-order chi connectivity index (χ0) is 40.8. The number of aliphatic hydroxyl groups excluding tert-OH is 9. The van der Waals surface area contributed by atoms with Crippen molar-refractivity contribution in [2.45, 2.75) is 112 Å². The molecule has 3 aliphatic heterocycles. The van der Waals surface area contributed by atoms with Crippen LogP contribution in [0.3, 0.4) is 0 Å². The van der Waals surface area contributed by atoms with E-state index in [-0.39, 0.29) is 19.3 Å². The maximum absolute atomic E-state index is 15.1. The Kier molecular flexibility index (Phi) is 12.7. The fourth-order valence-corrected chi connectivity index (χ4v) is 6.93. The molecule has 3 aliphatic rings. The summed E-state index contributed by atoms with van der Waals surface area (Å²) in [6, 6.07) is -5.30. The molecule has 0 radical (unpaired) electrons. The second-order valence-electron chi connectivity index (χ2n) is 12.1. The summed E-state index contributed by atoms with van der Waals surface area (Å²) in [5.41, 5.74) is 17.5. The molecule has 0 amide bonds. The third kappa shape index (κ3) is 7.61. The number of carbonyl (C=O) groups is 3. The molecule has 0 aromatic heterocycles. The summed E-state index contributed by atoms with van der Waals surface area (Å²) in [5, 5.41) is 130. The van der Waals surface area contributed by atoms with Gasteiger partial charge in [0.05, 0.1) is 0 Å². The lowest BCUT2D eigenvalue weighted by molar-refractivity contribution is -0.315. The first kappa shape index (κ1) is 43.6. The molecule has 0 bridgehead atoms. The molecule has 302 valence electrons. The summed E-state index contributed by atoms with van der Waals surface area (Å²) >= 11 is 0. The van der Waals surface area contributed by atoms with Gasteiger partial charge in [-0.15, -0.1) is 0 Å². The molecule has 0 aromatic carbocycles. The fourth-order valence-electron chi connectivity index (χ4n) is 5.14. The van der Waals surface area contributed by atoms with Crippen LogP contribution in [0.5, 0.6) is 0 Å². The number of phosphoric acid groups is 1. The molecule has 12 atom stereocenters. The van der Waals surface area contributed by atoms with Gasteiger partial charge in [-0.3, -0.25) is 0 Å². The van der Waals surface area contributed by atoms with Crippen LogP contribution in [-0.2, 0) is 46.7 Å². The highest BCUT2D eigenvalue weighted by atomic mass is 31.2. The molecular weight excluding hydrogens is 749 g/mol. The molecule has 3 rings (SSSR count). The van der Waals surface area contributed by atoms with Crippen molar-refractivity contribution in [3.63, 3.8) is 0 Å². The van der Waals surface area contributed by atoms with Gasteiger partial charge in [-0.25, -0.2) is 32.5 Å². The quantitative estimate of drug-likeness (QED) is 0.0274. The lowest BCUT2D eigenvalue weighted by Gasteiger charge is -2.45. The van der Waals surface area contributed by atoms with E-state index in [4.69, 9.17) is 30.8 Å². The molecule has 0 aliphatic carbocycles. The molecule has 18 N–H and O–H groups in total. The van der Waals surface area contributed by atoms with Crippen molar-refractivity contribution in [3.8, 4) is 0 Å². The average molecular weight is 792 g/mol. The molecule has 53 heavy (non-hydrogen) atoms. The van der Waals surface area contributed by atoms with E-state index in [9.17, 15) is 75.7 Å². The minimum Gasteiger partial charge on any atom is -0.505 e. The van der Waals surface area contributed by atoms with E-state index in [2.05, 4.69) is 14.2 Å². The number of phosphoric ester groups is 1. The van der Waals surface area contributed by atoms with Crippen molar-refractivity contribution in [2.24, 2.45) is 17.2 Å². The Hall–Kier alpha value is -3.82. The Labute approximate surface area is 297 Å². The number of hydrogen-bond acceptors (Lipinski definition) is 25. The minimum atomic E-state index is -6.87. The van der Waals surface area contributed by atoms with Gasteiger partial charge in [0.2, 0.25) is 53.0 Å². The van der Waals surface area contributed by atoms with Crippen LogP contribution >= 0.6 is 7.82 Å². The van der Waals surface area contributed by atoms with Crippen LogP contribution in [0, 0.1) is 0 Å².